The number of nitrogens with zero attached hydrogens (tertiary/aromatic N) is 1. The second-order valence-electron chi connectivity index (χ2n) is 5.29. The van der Waals surface area contributed by atoms with Gasteiger partial charge in [0, 0.05) is 22.2 Å². The van der Waals surface area contributed by atoms with E-state index in [9.17, 15) is 9.59 Å². The van der Waals surface area contributed by atoms with E-state index >= 15 is 0 Å². The number of nitrogens with one attached hydrogen (secondary N) is 1. The molecule has 1 N–H and O–H groups in total. The molecule has 0 radical (unpaired) electrons. The van der Waals surface area contributed by atoms with Gasteiger partial charge in [0.1, 0.15) is 0 Å². The number of carbonyl (C=O) groups is 2. The zero-order valence-corrected chi connectivity index (χ0v) is 16.2. The number of hydrogen-bond donors (Lipinski definition) is 1. The van der Waals surface area contributed by atoms with Gasteiger partial charge < -0.3 is 10.2 Å². The SMILES string of the molecule is Cc1cc(Br)ccc1NC(=O)CN(C)C(=O)c1ccc(Cl)cc1Cl. The van der Waals surface area contributed by atoms with Crippen LogP contribution < -0.4 is 5.32 Å². The zero-order chi connectivity index (χ0) is 17.9. The van der Waals surface area contributed by atoms with Crippen molar-refractivity contribution in [2.45, 2.75) is 6.92 Å². The van der Waals surface area contributed by atoms with Gasteiger partial charge in [0.25, 0.3) is 5.91 Å². The molecule has 2 aromatic rings. The summed E-state index contributed by atoms with van der Waals surface area (Å²) in [6, 6.07) is 10.2. The predicted molar refractivity (Wildman–Crippen MR) is 101 cm³/mol. The van der Waals surface area contributed by atoms with Crippen LogP contribution >= 0.6 is 39.1 Å². The first kappa shape index (κ1) is 18.8. The van der Waals surface area contributed by atoms with Crippen LogP contribution in [0.3, 0.4) is 0 Å². The highest BCUT2D eigenvalue weighted by Crippen LogP contribution is 2.22. The normalized spacial score (nSPS) is 10.4. The van der Waals surface area contributed by atoms with E-state index in [2.05, 4.69) is 21.2 Å². The van der Waals surface area contributed by atoms with Gasteiger partial charge in [0.05, 0.1) is 17.1 Å². The first-order valence-electron chi connectivity index (χ1n) is 7.04. The summed E-state index contributed by atoms with van der Waals surface area (Å²) in [5.74, 6) is -0.638. The van der Waals surface area contributed by atoms with Gasteiger partial charge in [0.2, 0.25) is 5.91 Å². The molecule has 0 spiro atoms. The maximum atomic E-state index is 12.4. The molecular formula is C17H15BrCl2N2O2. The number of rotatable bonds is 4. The molecule has 4 nitrogen and oxygen atoms in total. The lowest BCUT2D eigenvalue weighted by Crippen LogP contribution is -2.35. The minimum absolute atomic E-state index is 0.0900. The van der Waals surface area contributed by atoms with E-state index in [0.29, 0.717) is 16.3 Å². The maximum absolute atomic E-state index is 12.4. The largest absolute Gasteiger partial charge is 0.332 e. The second kappa shape index (κ2) is 8.01. The molecule has 2 aromatic carbocycles. The van der Waals surface area contributed by atoms with E-state index in [4.69, 9.17) is 23.2 Å². The van der Waals surface area contributed by atoms with Crippen molar-refractivity contribution < 1.29 is 9.59 Å². The highest BCUT2D eigenvalue weighted by atomic mass is 79.9. The highest BCUT2D eigenvalue weighted by Gasteiger charge is 2.18. The first-order chi connectivity index (χ1) is 11.3. The van der Waals surface area contributed by atoms with E-state index in [1.165, 1.54) is 11.0 Å². The molecule has 0 bridgehead atoms. The average Bonchev–Trinajstić information content (AvgIpc) is 2.49. The van der Waals surface area contributed by atoms with Crippen molar-refractivity contribution in [3.63, 3.8) is 0 Å². The Morgan fingerprint density at radius 3 is 2.50 bits per heavy atom. The number of amides is 2. The Balaban J connectivity index is 2.04. The predicted octanol–water partition coefficient (Wildman–Crippen LogP) is 4.78. The fourth-order valence-corrected chi connectivity index (χ4v) is 3.08. The molecule has 0 aliphatic carbocycles. The number of anilines is 1. The topological polar surface area (TPSA) is 49.4 Å². The van der Waals surface area contributed by atoms with Crippen molar-refractivity contribution in [3.8, 4) is 0 Å². The summed E-state index contributed by atoms with van der Waals surface area (Å²) in [4.78, 5) is 25.9. The minimum atomic E-state index is -0.348. The van der Waals surface area contributed by atoms with Gasteiger partial charge in [-0.05, 0) is 48.9 Å². The lowest BCUT2D eigenvalue weighted by Gasteiger charge is -2.18. The Morgan fingerprint density at radius 2 is 1.88 bits per heavy atom. The first-order valence-corrected chi connectivity index (χ1v) is 8.59. The number of aryl methyl sites for hydroxylation is 1. The quantitative estimate of drug-likeness (QED) is 0.760. The van der Waals surface area contributed by atoms with Crippen LogP contribution in [0.15, 0.2) is 40.9 Å². The van der Waals surface area contributed by atoms with E-state index in [1.807, 2.05) is 19.1 Å². The minimum Gasteiger partial charge on any atom is -0.332 e. The third kappa shape index (κ3) is 4.72. The molecule has 0 aromatic heterocycles. The van der Waals surface area contributed by atoms with Crippen LogP contribution in [0.25, 0.3) is 0 Å². The lowest BCUT2D eigenvalue weighted by atomic mass is 10.2. The van der Waals surface area contributed by atoms with Gasteiger partial charge in [-0.1, -0.05) is 39.1 Å². The summed E-state index contributed by atoms with van der Waals surface area (Å²) in [7, 11) is 1.54. The van der Waals surface area contributed by atoms with Crippen LogP contribution in [-0.4, -0.2) is 30.3 Å². The third-order valence-electron chi connectivity index (χ3n) is 3.35. The zero-order valence-electron chi connectivity index (χ0n) is 13.1. The van der Waals surface area contributed by atoms with Crippen molar-refractivity contribution in [2.24, 2.45) is 0 Å². The summed E-state index contributed by atoms with van der Waals surface area (Å²) in [5.41, 5.74) is 1.93. The van der Waals surface area contributed by atoms with Crippen molar-refractivity contribution >= 4 is 56.6 Å². The smallest absolute Gasteiger partial charge is 0.255 e. The Bertz CT molecular complexity index is 796. The molecule has 0 heterocycles. The standard InChI is InChI=1S/C17H15BrCl2N2O2/c1-10-7-11(18)3-6-15(10)21-16(23)9-22(2)17(24)13-5-4-12(19)8-14(13)20/h3-8H,9H2,1-2H3,(H,21,23). The van der Waals surface area contributed by atoms with Crippen LogP contribution in [0.2, 0.25) is 10.0 Å². The van der Waals surface area contributed by atoms with Crippen molar-refractivity contribution in [3.05, 3.63) is 62.0 Å². The molecule has 0 saturated heterocycles. The number of halogens is 3. The van der Waals surface area contributed by atoms with Gasteiger partial charge >= 0.3 is 0 Å². The second-order valence-corrected chi connectivity index (χ2v) is 7.05. The van der Waals surface area contributed by atoms with E-state index in [-0.39, 0.29) is 23.4 Å². The molecule has 0 unspecified atom stereocenters. The van der Waals surface area contributed by atoms with Gasteiger partial charge in [-0.25, -0.2) is 0 Å². The van der Waals surface area contributed by atoms with Gasteiger partial charge in [-0.2, -0.15) is 0 Å². The van der Waals surface area contributed by atoms with Crippen LogP contribution in [0.5, 0.6) is 0 Å². The summed E-state index contributed by atoms with van der Waals surface area (Å²) in [6.45, 7) is 1.80. The Kier molecular flexibility index (Phi) is 6.27. The highest BCUT2D eigenvalue weighted by molar-refractivity contribution is 9.10. The van der Waals surface area contributed by atoms with Crippen molar-refractivity contribution in [1.29, 1.82) is 0 Å². The molecule has 0 aliphatic heterocycles. The van der Waals surface area contributed by atoms with Crippen LogP contribution in [0, 0.1) is 6.92 Å². The van der Waals surface area contributed by atoms with Gasteiger partial charge in [0.15, 0.2) is 0 Å². The fraction of sp³-hybridized carbons (Fsp3) is 0.176. The average molecular weight is 430 g/mol. The van der Waals surface area contributed by atoms with Crippen LogP contribution in [0.1, 0.15) is 15.9 Å². The Hall–Kier alpha value is -1.56. The molecule has 0 saturated carbocycles. The van der Waals surface area contributed by atoms with Crippen LogP contribution in [0.4, 0.5) is 5.69 Å². The fourth-order valence-electron chi connectivity index (χ4n) is 2.11. The molecule has 2 rings (SSSR count). The van der Waals surface area contributed by atoms with Crippen molar-refractivity contribution in [2.75, 3.05) is 18.9 Å². The molecule has 0 aliphatic rings. The maximum Gasteiger partial charge on any atom is 0.255 e. The Labute approximate surface area is 158 Å². The monoisotopic (exact) mass is 428 g/mol. The molecule has 2 amide bonds. The molecule has 7 heteroatoms. The Morgan fingerprint density at radius 1 is 1.17 bits per heavy atom. The summed E-state index contributed by atoms with van der Waals surface area (Å²) in [5, 5.41) is 3.49. The number of carbonyl (C=O) groups excluding carboxylic acids is 2. The van der Waals surface area contributed by atoms with Gasteiger partial charge in [-0.3, -0.25) is 9.59 Å². The molecule has 0 fully saturated rings. The van der Waals surface area contributed by atoms with Crippen molar-refractivity contribution in [1.82, 2.24) is 4.90 Å². The molecule has 0 atom stereocenters. The lowest BCUT2D eigenvalue weighted by molar-refractivity contribution is -0.116. The van der Waals surface area contributed by atoms with Crippen LogP contribution in [-0.2, 0) is 4.79 Å². The van der Waals surface area contributed by atoms with E-state index in [1.54, 1.807) is 25.2 Å². The molecular weight excluding hydrogens is 415 g/mol. The number of hydrogen-bond acceptors (Lipinski definition) is 2. The third-order valence-corrected chi connectivity index (χ3v) is 4.39. The molecule has 126 valence electrons. The van der Waals surface area contributed by atoms with E-state index < -0.39 is 0 Å². The summed E-state index contributed by atoms with van der Waals surface area (Å²) in [6.07, 6.45) is 0. The van der Waals surface area contributed by atoms with Gasteiger partial charge in [-0.15, -0.1) is 0 Å². The molecule has 24 heavy (non-hydrogen) atoms. The number of benzene rings is 2. The summed E-state index contributed by atoms with van der Waals surface area (Å²) < 4.78 is 0.933. The van der Waals surface area contributed by atoms with E-state index in [0.717, 1.165) is 10.0 Å². The summed E-state index contributed by atoms with van der Waals surface area (Å²) >= 11 is 15.2. The number of likely N-dealkylation sites (N-methyl/N-ethyl adjacent to an activating group) is 1.